The molecular formula is C9H10ClN3O4. The van der Waals surface area contributed by atoms with Crippen LogP contribution in [-0.2, 0) is 4.74 Å². The maximum Gasteiger partial charge on any atom is 0.347 e. The van der Waals surface area contributed by atoms with Crippen molar-refractivity contribution in [2.75, 3.05) is 24.0 Å². The Bertz CT molecular complexity index is 464. The molecule has 1 aromatic rings. The standard InChI is InChI=1S/C9H10ClN3O4/c10-3-4-17-9(14)7-5(11)1-2-6(12)8(7)13(15)16/h1-2H,3-4,11-12H2. The molecule has 0 heterocycles. The number of halogens is 1. The van der Waals surface area contributed by atoms with Gasteiger partial charge in [0, 0.05) is 0 Å². The van der Waals surface area contributed by atoms with Gasteiger partial charge in [-0.05, 0) is 12.1 Å². The van der Waals surface area contributed by atoms with Crippen LogP contribution in [0.1, 0.15) is 10.4 Å². The number of nitrogen functional groups attached to an aromatic ring is 2. The van der Waals surface area contributed by atoms with Crippen molar-refractivity contribution in [2.24, 2.45) is 0 Å². The van der Waals surface area contributed by atoms with Gasteiger partial charge in [0.2, 0.25) is 0 Å². The molecule has 0 bridgehead atoms. The number of alkyl halides is 1. The molecule has 0 aliphatic carbocycles. The third-order valence-corrected chi connectivity index (χ3v) is 2.09. The summed E-state index contributed by atoms with van der Waals surface area (Å²) in [6.07, 6.45) is 0. The van der Waals surface area contributed by atoms with Crippen molar-refractivity contribution in [2.45, 2.75) is 0 Å². The maximum atomic E-state index is 11.6. The Morgan fingerprint density at radius 2 is 2.00 bits per heavy atom. The zero-order valence-corrected chi connectivity index (χ0v) is 9.44. The van der Waals surface area contributed by atoms with E-state index in [0.717, 1.165) is 0 Å². The second-order valence-corrected chi connectivity index (χ2v) is 3.43. The van der Waals surface area contributed by atoms with Crippen LogP contribution in [0.15, 0.2) is 12.1 Å². The van der Waals surface area contributed by atoms with Gasteiger partial charge in [-0.25, -0.2) is 4.79 Å². The first-order chi connectivity index (χ1) is 7.99. The number of carbonyl (C=O) groups is 1. The van der Waals surface area contributed by atoms with Crippen LogP contribution >= 0.6 is 11.6 Å². The summed E-state index contributed by atoms with van der Waals surface area (Å²) in [5.41, 5.74) is 9.82. The fraction of sp³-hybridized carbons (Fsp3) is 0.222. The van der Waals surface area contributed by atoms with E-state index in [1.165, 1.54) is 12.1 Å². The Hall–Kier alpha value is -2.02. The van der Waals surface area contributed by atoms with Gasteiger partial charge in [-0.15, -0.1) is 11.6 Å². The quantitative estimate of drug-likeness (QED) is 0.275. The van der Waals surface area contributed by atoms with Crippen molar-refractivity contribution >= 4 is 34.6 Å². The maximum absolute atomic E-state index is 11.6. The zero-order chi connectivity index (χ0) is 13.0. The summed E-state index contributed by atoms with van der Waals surface area (Å²) in [7, 11) is 0. The lowest BCUT2D eigenvalue weighted by atomic mass is 10.1. The van der Waals surface area contributed by atoms with Gasteiger partial charge in [0.25, 0.3) is 0 Å². The number of anilines is 2. The highest BCUT2D eigenvalue weighted by Gasteiger charge is 2.27. The minimum Gasteiger partial charge on any atom is -0.461 e. The van der Waals surface area contributed by atoms with E-state index in [2.05, 4.69) is 0 Å². The van der Waals surface area contributed by atoms with Crippen molar-refractivity contribution in [3.63, 3.8) is 0 Å². The van der Waals surface area contributed by atoms with E-state index in [4.69, 9.17) is 27.8 Å². The summed E-state index contributed by atoms with van der Waals surface area (Å²) in [5.74, 6) is -0.830. The lowest BCUT2D eigenvalue weighted by Gasteiger charge is -2.07. The van der Waals surface area contributed by atoms with Gasteiger partial charge >= 0.3 is 11.7 Å². The molecule has 17 heavy (non-hydrogen) atoms. The first kappa shape index (κ1) is 13.0. The van der Waals surface area contributed by atoms with Crippen LogP contribution in [0.4, 0.5) is 17.1 Å². The highest BCUT2D eigenvalue weighted by molar-refractivity contribution is 6.18. The van der Waals surface area contributed by atoms with E-state index in [1.54, 1.807) is 0 Å². The van der Waals surface area contributed by atoms with E-state index in [-0.39, 0.29) is 29.4 Å². The van der Waals surface area contributed by atoms with Crippen LogP contribution in [0.2, 0.25) is 0 Å². The number of nitrogens with zero attached hydrogens (tertiary/aromatic N) is 1. The van der Waals surface area contributed by atoms with Crippen LogP contribution in [-0.4, -0.2) is 23.4 Å². The van der Waals surface area contributed by atoms with Crippen molar-refractivity contribution in [1.29, 1.82) is 0 Å². The number of rotatable bonds is 4. The predicted octanol–water partition coefficient (Wildman–Crippen LogP) is 1.15. The molecule has 0 saturated heterocycles. The van der Waals surface area contributed by atoms with Crippen LogP contribution in [0.3, 0.4) is 0 Å². The molecule has 0 spiro atoms. The first-order valence-electron chi connectivity index (χ1n) is 4.54. The number of esters is 1. The Morgan fingerprint density at radius 3 is 2.53 bits per heavy atom. The molecule has 0 radical (unpaired) electrons. The number of nitro groups is 1. The highest BCUT2D eigenvalue weighted by Crippen LogP contribution is 2.31. The predicted molar refractivity (Wildman–Crippen MR) is 62.9 cm³/mol. The molecule has 1 aromatic carbocycles. The van der Waals surface area contributed by atoms with Crippen LogP contribution < -0.4 is 11.5 Å². The summed E-state index contributed by atoms with van der Waals surface area (Å²) < 4.78 is 4.69. The summed E-state index contributed by atoms with van der Waals surface area (Å²) >= 11 is 5.34. The number of benzene rings is 1. The zero-order valence-electron chi connectivity index (χ0n) is 8.68. The van der Waals surface area contributed by atoms with Gasteiger partial charge in [0.15, 0.2) is 5.56 Å². The number of ether oxygens (including phenoxy) is 1. The topological polar surface area (TPSA) is 121 Å². The van der Waals surface area contributed by atoms with E-state index in [0.29, 0.717) is 0 Å². The van der Waals surface area contributed by atoms with E-state index in [1.807, 2.05) is 0 Å². The second-order valence-electron chi connectivity index (χ2n) is 3.05. The summed E-state index contributed by atoms with van der Waals surface area (Å²) in [4.78, 5) is 21.6. The van der Waals surface area contributed by atoms with Crippen molar-refractivity contribution < 1.29 is 14.5 Å². The van der Waals surface area contributed by atoms with Crippen molar-refractivity contribution in [3.8, 4) is 0 Å². The average Bonchev–Trinajstić information content (AvgIpc) is 2.28. The Labute approximate surface area is 101 Å². The van der Waals surface area contributed by atoms with Gasteiger partial charge in [-0.3, -0.25) is 10.1 Å². The van der Waals surface area contributed by atoms with Gasteiger partial charge in [0.1, 0.15) is 12.3 Å². The molecule has 4 N–H and O–H groups in total. The normalized spacial score (nSPS) is 9.94. The minimum atomic E-state index is -0.915. The minimum absolute atomic E-state index is 0.0637. The lowest BCUT2D eigenvalue weighted by Crippen LogP contribution is -2.13. The second kappa shape index (κ2) is 5.35. The van der Waals surface area contributed by atoms with Crippen molar-refractivity contribution in [1.82, 2.24) is 0 Å². The Kier molecular flexibility index (Phi) is 4.11. The summed E-state index contributed by atoms with van der Waals surface area (Å²) in [5, 5.41) is 10.8. The molecule has 7 nitrogen and oxygen atoms in total. The fourth-order valence-corrected chi connectivity index (χ4v) is 1.31. The van der Waals surface area contributed by atoms with Gasteiger partial charge in [-0.2, -0.15) is 0 Å². The molecule has 1 rings (SSSR count). The van der Waals surface area contributed by atoms with E-state index < -0.39 is 16.6 Å². The summed E-state index contributed by atoms with van der Waals surface area (Å²) in [6, 6.07) is 2.56. The summed E-state index contributed by atoms with van der Waals surface area (Å²) in [6.45, 7) is -0.0637. The molecule has 0 unspecified atom stereocenters. The number of nitro benzene ring substituents is 1. The molecule has 0 saturated carbocycles. The SMILES string of the molecule is Nc1ccc(N)c([N+](=O)[O-])c1C(=O)OCCCl. The molecule has 0 aromatic heterocycles. The van der Waals surface area contributed by atoms with E-state index >= 15 is 0 Å². The van der Waals surface area contributed by atoms with Crippen LogP contribution in [0, 0.1) is 10.1 Å². The molecule has 0 atom stereocenters. The molecule has 92 valence electrons. The van der Waals surface area contributed by atoms with Gasteiger partial charge in [0.05, 0.1) is 16.5 Å². The number of hydrogen-bond donors (Lipinski definition) is 2. The van der Waals surface area contributed by atoms with Crippen LogP contribution in [0.25, 0.3) is 0 Å². The molecule has 8 heteroatoms. The number of carbonyl (C=O) groups excluding carboxylic acids is 1. The largest absolute Gasteiger partial charge is 0.461 e. The highest BCUT2D eigenvalue weighted by atomic mass is 35.5. The van der Waals surface area contributed by atoms with E-state index in [9.17, 15) is 14.9 Å². The smallest absolute Gasteiger partial charge is 0.347 e. The Balaban J connectivity index is 3.25. The number of hydrogen-bond acceptors (Lipinski definition) is 6. The molecule has 0 amide bonds. The molecule has 0 aliphatic rings. The molecule has 0 aliphatic heterocycles. The Morgan fingerprint density at radius 1 is 1.41 bits per heavy atom. The average molecular weight is 260 g/mol. The third kappa shape index (κ3) is 2.76. The van der Waals surface area contributed by atoms with Gasteiger partial charge < -0.3 is 16.2 Å². The van der Waals surface area contributed by atoms with Crippen molar-refractivity contribution in [3.05, 3.63) is 27.8 Å². The third-order valence-electron chi connectivity index (χ3n) is 1.94. The van der Waals surface area contributed by atoms with Gasteiger partial charge in [-0.1, -0.05) is 0 Å². The number of nitrogens with two attached hydrogens (primary N) is 2. The molecule has 0 fully saturated rings. The first-order valence-corrected chi connectivity index (χ1v) is 5.08. The molecular weight excluding hydrogens is 250 g/mol. The fourth-order valence-electron chi connectivity index (χ4n) is 1.24. The lowest BCUT2D eigenvalue weighted by molar-refractivity contribution is -0.384. The van der Waals surface area contributed by atoms with Crippen LogP contribution in [0.5, 0.6) is 0 Å². The monoisotopic (exact) mass is 259 g/mol.